The molecule has 82 valence electrons. The van der Waals surface area contributed by atoms with Crippen LogP contribution in [0, 0.1) is 0 Å². The number of nitrogens with zero attached hydrogens (tertiary/aromatic N) is 3. The monoisotopic (exact) mass is 211 g/mol. The molecule has 0 spiro atoms. The van der Waals surface area contributed by atoms with Crippen molar-refractivity contribution in [3.63, 3.8) is 0 Å². The van der Waals surface area contributed by atoms with Crippen molar-refractivity contribution in [1.82, 2.24) is 14.9 Å². The van der Waals surface area contributed by atoms with E-state index in [2.05, 4.69) is 9.97 Å². The fourth-order valence-corrected chi connectivity index (χ4v) is 1.15. The summed E-state index contributed by atoms with van der Waals surface area (Å²) in [4.78, 5) is 20.5. The van der Waals surface area contributed by atoms with E-state index < -0.39 is 0 Å². The summed E-state index contributed by atoms with van der Waals surface area (Å²) in [6, 6.07) is 0. The Bertz CT molecular complexity index is 299. The van der Waals surface area contributed by atoms with E-state index >= 15 is 0 Å². The molecule has 0 aliphatic heterocycles. The molecule has 0 atom stereocenters. The maximum atomic E-state index is 11.7. The highest BCUT2D eigenvalue weighted by Gasteiger charge is 2.14. The van der Waals surface area contributed by atoms with Gasteiger partial charge >= 0.3 is 0 Å². The maximum Gasteiger partial charge on any atom is 0.257 e. The van der Waals surface area contributed by atoms with E-state index in [0.29, 0.717) is 5.56 Å². The number of aliphatic hydroxyl groups excluding tert-OH is 2. The summed E-state index contributed by atoms with van der Waals surface area (Å²) in [5.41, 5.74) is 0.347. The van der Waals surface area contributed by atoms with Gasteiger partial charge in [-0.25, -0.2) is 9.97 Å². The minimum Gasteiger partial charge on any atom is -0.395 e. The molecule has 1 amide bonds. The van der Waals surface area contributed by atoms with Crippen molar-refractivity contribution in [3.05, 3.63) is 24.3 Å². The molecular weight excluding hydrogens is 198 g/mol. The molecule has 0 unspecified atom stereocenters. The molecule has 0 saturated heterocycles. The topological polar surface area (TPSA) is 86.6 Å². The zero-order valence-electron chi connectivity index (χ0n) is 8.20. The maximum absolute atomic E-state index is 11.7. The molecule has 0 fully saturated rings. The molecule has 1 aromatic heterocycles. The number of rotatable bonds is 5. The molecule has 0 aliphatic carbocycles. The fourth-order valence-electron chi connectivity index (χ4n) is 1.15. The van der Waals surface area contributed by atoms with Gasteiger partial charge in [0.2, 0.25) is 0 Å². The van der Waals surface area contributed by atoms with Crippen LogP contribution in [0.15, 0.2) is 18.7 Å². The van der Waals surface area contributed by atoms with Crippen molar-refractivity contribution in [2.75, 3.05) is 26.3 Å². The van der Waals surface area contributed by atoms with Gasteiger partial charge in [-0.15, -0.1) is 0 Å². The van der Waals surface area contributed by atoms with Gasteiger partial charge in [0.05, 0.1) is 18.8 Å². The van der Waals surface area contributed by atoms with E-state index in [9.17, 15) is 4.79 Å². The minimum atomic E-state index is -0.293. The normalized spacial score (nSPS) is 10.0. The lowest BCUT2D eigenvalue weighted by Gasteiger charge is -2.20. The minimum absolute atomic E-state index is 0.139. The second-order valence-corrected chi connectivity index (χ2v) is 2.87. The summed E-state index contributed by atoms with van der Waals surface area (Å²) in [7, 11) is 0. The van der Waals surface area contributed by atoms with Crippen LogP contribution in [-0.4, -0.2) is 57.3 Å². The first kappa shape index (κ1) is 11.5. The second-order valence-electron chi connectivity index (χ2n) is 2.87. The standard InChI is InChI=1S/C9H13N3O3/c13-3-1-12(2-4-14)9(15)8-5-10-7-11-6-8/h5-7,13-14H,1-4H2. The van der Waals surface area contributed by atoms with Gasteiger partial charge < -0.3 is 15.1 Å². The van der Waals surface area contributed by atoms with Crippen molar-refractivity contribution >= 4 is 5.91 Å². The lowest BCUT2D eigenvalue weighted by molar-refractivity contribution is 0.0684. The lowest BCUT2D eigenvalue weighted by Crippen LogP contribution is -2.35. The van der Waals surface area contributed by atoms with Crippen LogP contribution < -0.4 is 0 Å². The number of aliphatic hydroxyl groups is 2. The highest BCUT2D eigenvalue weighted by molar-refractivity contribution is 5.93. The number of carbonyl (C=O) groups excluding carboxylic acids is 1. The Morgan fingerprint density at radius 2 is 1.73 bits per heavy atom. The van der Waals surface area contributed by atoms with E-state index in [1.165, 1.54) is 23.6 Å². The van der Waals surface area contributed by atoms with Crippen LogP contribution >= 0.6 is 0 Å². The van der Waals surface area contributed by atoms with Gasteiger partial charge in [-0.2, -0.15) is 0 Å². The number of hydrogen-bond donors (Lipinski definition) is 2. The SMILES string of the molecule is O=C(c1cncnc1)N(CCO)CCO. The van der Waals surface area contributed by atoms with Gasteiger partial charge in [-0.3, -0.25) is 4.79 Å². The first-order chi connectivity index (χ1) is 7.29. The molecule has 1 heterocycles. The van der Waals surface area contributed by atoms with E-state index in [0.717, 1.165) is 0 Å². The highest BCUT2D eigenvalue weighted by atomic mass is 16.3. The largest absolute Gasteiger partial charge is 0.395 e. The van der Waals surface area contributed by atoms with Gasteiger partial charge in [0.25, 0.3) is 5.91 Å². The van der Waals surface area contributed by atoms with Crippen LogP contribution in [-0.2, 0) is 0 Å². The van der Waals surface area contributed by atoms with Crippen molar-refractivity contribution in [2.45, 2.75) is 0 Å². The molecule has 0 radical (unpaired) electrons. The zero-order valence-corrected chi connectivity index (χ0v) is 8.20. The number of aromatic nitrogens is 2. The Kier molecular flexibility index (Phi) is 4.65. The molecule has 1 rings (SSSR count). The highest BCUT2D eigenvalue weighted by Crippen LogP contribution is 2.00. The van der Waals surface area contributed by atoms with E-state index in [1.54, 1.807) is 0 Å². The predicted molar refractivity (Wildman–Crippen MR) is 52.1 cm³/mol. The van der Waals surface area contributed by atoms with E-state index in [1.807, 2.05) is 0 Å². The molecule has 0 aromatic carbocycles. The Morgan fingerprint density at radius 3 is 2.20 bits per heavy atom. The molecule has 6 heteroatoms. The Balaban J connectivity index is 2.71. The number of hydrogen-bond acceptors (Lipinski definition) is 5. The van der Waals surface area contributed by atoms with E-state index in [4.69, 9.17) is 10.2 Å². The molecule has 2 N–H and O–H groups in total. The van der Waals surface area contributed by atoms with Crippen molar-refractivity contribution in [1.29, 1.82) is 0 Å². The first-order valence-corrected chi connectivity index (χ1v) is 4.55. The summed E-state index contributed by atoms with van der Waals surface area (Å²) in [6.45, 7) is 0.0986. The van der Waals surface area contributed by atoms with Crippen LogP contribution in [0.4, 0.5) is 0 Å². The Hall–Kier alpha value is -1.53. The van der Waals surface area contributed by atoms with Gasteiger partial charge in [0.1, 0.15) is 6.33 Å². The van der Waals surface area contributed by atoms with Crippen LogP contribution in [0.5, 0.6) is 0 Å². The molecule has 15 heavy (non-hydrogen) atoms. The molecule has 0 saturated carbocycles. The average Bonchev–Trinajstić information content (AvgIpc) is 2.29. The van der Waals surface area contributed by atoms with Crippen molar-refractivity contribution in [2.24, 2.45) is 0 Å². The van der Waals surface area contributed by atoms with Crippen LogP contribution in [0.1, 0.15) is 10.4 Å². The van der Waals surface area contributed by atoms with Crippen molar-refractivity contribution < 1.29 is 15.0 Å². The van der Waals surface area contributed by atoms with Crippen LogP contribution in [0.2, 0.25) is 0 Å². The summed E-state index contributed by atoms with van der Waals surface area (Å²) in [5.74, 6) is -0.293. The first-order valence-electron chi connectivity index (χ1n) is 4.55. The van der Waals surface area contributed by atoms with Gasteiger partial charge in [-0.1, -0.05) is 0 Å². The summed E-state index contributed by atoms with van der Waals surface area (Å²) >= 11 is 0. The lowest BCUT2D eigenvalue weighted by atomic mass is 10.3. The van der Waals surface area contributed by atoms with Gasteiger partial charge in [0.15, 0.2) is 0 Å². The molecule has 6 nitrogen and oxygen atoms in total. The second kappa shape index (κ2) is 6.05. The summed E-state index contributed by atoms with van der Waals surface area (Å²) < 4.78 is 0. The average molecular weight is 211 g/mol. The van der Waals surface area contributed by atoms with Gasteiger partial charge in [-0.05, 0) is 0 Å². The van der Waals surface area contributed by atoms with Crippen molar-refractivity contribution in [3.8, 4) is 0 Å². The molecule has 0 bridgehead atoms. The third kappa shape index (κ3) is 3.26. The molecule has 1 aromatic rings. The third-order valence-electron chi connectivity index (χ3n) is 1.83. The number of carbonyl (C=O) groups is 1. The smallest absolute Gasteiger partial charge is 0.257 e. The Morgan fingerprint density at radius 1 is 1.20 bits per heavy atom. The summed E-state index contributed by atoms with van der Waals surface area (Å²) in [6.07, 6.45) is 4.13. The Labute approximate surface area is 87.2 Å². The fraction of sp³-hybridized carbons (Fsp3) is 0.444. The quantitative estimate of drug-likeness (QED) is 0.646. The molecular formula is C9H13N3O3. The third-order valence-corrected chi connectivity index (χ3v) is 1.83. The van der Waals surface area contributed by atoms with Gasteiger partial charge in [0, 0.05) is 25.5 Å². The van der Waals surface area contributed by atoms with E-state index in [-0.39, 0.29) is 32.2 Å². The zero-order chi connectivity index (χ0) is 11.1. The summed E-state index contributed by atoms with van der Waals surface area (Å²) in [5, 5.41) is 17.5. The number of amides is 1. The molecule has 0 aliphatic rings. The van der Waals surface area contributed by atoms with Crippen LogP contribution in [0.25, 0.3) is 0 Å². The van der Waals surface area contributed by atoms with Crippen LogP contribution in [0.3, 0.4) is 0 Å². The predicted octanol–water partition coefficient (Wildman–Crippen LogP) is -1.10.